The molecule has 1 saturated heterocycles. The van der Waals surface area contributed by atoms with Crippen molar-refractivity contribution in [3.8, 4) is 0 Å². The maximum Gasteiger partial charge on any atom is 0.251 e. The topological polar surface area (TPSA) is 63.4 Å². The van der Waals surface area contributed by atoms with E-state index in [4.69, 9.17) is 17.4 Å². The quantitative estimate of drug-likeness (QED) is 0.441. The van der Waals surface area contributed by atoms with Crippen LogP contribution in [-0.4, -0.2) is 16.8 Å². The number of hydrogen-bond acceptors (Lipinski definition) is 3. The summed E-state index contributed by atoms with van der Waals surface area (Å²) in [5, 5.41) is 1.22. The molecule has 2 N–H and O–H groups in total. The highest BCUT2D eigenvalue weighted by atomic mass is 35.5. The zero-order chi connectivity index (χ0) is 11.0. The van der Waals surface area contributed by atoms with Crippen molar-refractivity contribution in [1.29, 1.82) is 0 Å². The van der Waals surface area contributed by atoms with Gasteiger partial charge in [0.25, 0.3) is 5.91 Å². The van der Waals surface area contributed by atoms with E-state index in [-0.39, 0.29) is 18.2 Å². The number of nitrogens with two attached hydrogens (primary N) is 1. The lowest BCUT2D eigenvalue weighted by Gasteiger charge is -2.08. The van der Waals surface area contributed by atoms with Crippen molar-refractivity contribution in [3.05, 3.63) is 34.9 Å². The molecule has 1 aromatic rings. The molecule has 0 aliphatic carbocycles. The van der Waals surface area contributed by atoms with E-state index < -0.39 is 5.92 Å². The van der Waals surface area contributed by atoms with E-state index >= 15 is 0 Å². The molecular formula is C10H9ClN2O2. The van der Waals surface area contributed by atoms with Crippen molar-refractivity contribution in [2.75, 3.05) is 0 Å². The van der Waals surface area contributed by atoms with Gasteiger partial charge in [0, 0.05) is 11.4 Å². The van der Waals surface area contributed by atoms with Gasteiger partial charge in [-0.3, -0.25) is 9.59 Å². The van der Waals surface area contributed by atoms with Crippen LogP contribution in [0.4, 0.5) is 0 Å². The molecule has 1 aliphatic heterocycles. The molecule has 1 fully saturated rings. The number of amides is 2. The van der Waals surface area contributed by atoms with Gasteiger partial charge < -0.3 is 0 Å². The third kappa shape index (κ3) is 1.73. The van der Waals surface area contributed by atoms with Crippen LogP contribution in [0.25, 0.3) is 0 Å². The Morgan fingerprint density at radius 1 is 1.40 bits per heavy atom. The van der Waals surface area contributed by atoms with E-state index in [1.807, 2.05) is 0 Å². The molecule has 2 rings (SSSR count). The third-order valence-corrected chi connectivity index (χ3v) is 2.67. The number of hydrazine groups is 1. The predicted octanol–water partition coefficient (Wildman–Crippen LogP) is 1.06. The summed E-state index contributed by atoms with van der Waals surface area (Å²) in [7, 11) is 0. The molecule has 0 radical (unpaired) electrons. The Bertz CT molecular complexity index is 433. The van der Waals surface area contributed by atoms with Crippen LogP contribution in [0.15, 0.2) is 24.3 Å². The summed E-state index contributed by atoms with van der Waals surface area (Å²) >= 11 is 5.80. The second kappa shape index (κ2) is 3.64. The second-order valence-corrected chi connectivity index (χ2v) is 3.85. The minimum absolute atomic E-state index is 0.121. The Balaban J connectivity index is 2.33. The van der Waals surface area contributed by atoms with Gasteiger partial charge >= 0.3 is 0 Å². The molecule has 0 aromatic heterocycles. The fourth-order valence-electron chi connectivity index (χ4n) is 1.63. The smallest absolute Gasteiger partial charge is 0.251 e. The van der Waals surface area contributed by atoms with Crippen molar-refractivity contribution in [2.45, 2.75) is 12.3 Å². The minimum atomic E-state index is -0.485. The van der Waals surface area contributed by atoms with Crippen molar-refractivity contribution in [3.63, 3.8) is 0 Å². The number of carbonyl (C=O) groups excluding carboxylic acids is 2. The highest BCUT2D eigenvalue weighted by Gasteiger charge is 2.37. The van der Waals surface area contributed by atoms with E-state index in [1.54, 1.807) is 24.3 Å². The Hall–Kier alpha value is -1.39. The van der Waals surface area contributed by atoms with Crippen LogP contribution in [-0.2, 0) is 9.59 Å². The number of rotatable bonds is 1. The van der Waals surface area contributed by atoms with Gasteiger partial charge in [-0.15, -0.1) is 0 Å². The average Bonchev–Trinajstić information content (AvgIpc) is 2.46. The van der Waals surface area contributed by atoms with Crippen LogP contribution < -0.4 is 5.84 Å². The molecule has 1 aromatic carbocycles. The van der Waals surface area contributed by atoms with Crippen molar-refractivity contribution in [2.24, 2.45) is 5.84 Å². The molecule has 1 heterocycles. The van der Waals surface area contributed by atoms with E-state index in [1.165, 1.54) is 0 Å². The SMILES string of the molecule is NN1C(=O)C[C@H](c2cccc(Cl)c2)C1=O. The fourth-order valence-corrected chi connectivity index (χ4v) is 1.83. The van der Waals surface area contributed by atoms with Gasteiger partial charge in [-0.05, 0) is 17.7 Å². The van der Waals surface area contributed by atoms with Crippen molar-refractivity contribution >= 4 is 23.4 Å². The van der Waals surface area contributed by atoms with Gasteiger partial charge in [0.15, 0.2) is 0 Å². The van der Waals surface area contributed by atoms with Crippen LogP contribution in [0.3, 0.4) is 0 Å². The number of imide groups is 1. The molecule has 0 spiro atoms. The average molecular weight is 225 g/mol. The molecule has 15 heavy (non-hydrogen) atoms. The molecule has 78 valence electrons. The minimum Gasteiger partial charge on any atom is -0.273 e. The molecule has 1 atom stereocenters. The van der Waals surface area contributed by atoms with Crippen LogP contribution >= 0.6 is 11.6 Å². The second-order valence-electron chi connectivity index (χ2n) is 3.41. The summed E-state index contributed by atoms with van der Waals surface area (Å²) in [6.07, 6.45) is 0.121. The zero-order valence-electron chi connectivity index (χ0n) is 7.81. The summed E-state index contributed by atoms with van der Waals surface area (Å²) in [5.41, 5.74) is 0.730. The first kappa shape index (κ1) is 10.1. The first-order valence-electron chi connectivity index (χ1n) is 4.46. The van der Waals surface area contributed by atoms with Gasteiger partial charge in [0.1, 0.15) is 0 Å². The number of carbonyl (C=O) groups is 2. The predicted molar refractivity (Wildman–Crippen MR) is 54.9 cm³/mol. The molecule has 2 amide bonds. The lowest BCUT2D eigenvalue weighted by molar-refractivity contribution is -0.139. The van der Waals surface area contributed by atoms with E-state index in [9.17, 15) is 9.59 Å². The molecular weight excluding hydrogens is 216 g/mol. The first-order chi connectivity index (χ1) is 7.09. The molecule has 0 unspecified atom stereocenters. The van der Waals surface area contributed by atoms with Gasteiger partial charge in [0.05, 0.1) is 5.92 Å². The summed E-state index contributed by atoms with van der Waals surface area (Å²) in [5.74, 6) is 4.07. The van der Waals surface area contributed by atoms with Crippen LogP contribution in [0.1, 0.15) is 17.9 Å². The van der Waals surface area contributed by atoms with Gasteiger partial charge in [-0.2, -0.15) is 0 Å². The standard InChI is InChI=1S/C10H9ClN2O2/c11-7-3-1-2-6(4-7)8-5-9(14)13(12)10(8)15/h1-4,8H,5,12H2/t8-/m1/s1. The highest BCUT2D eigenvalue weighted by molar-refractivity contribution is 6.30. The highest BCUT2D eigenvalue weighted by Crippen LogP contribution is 2.29. The van der Waals surface area contributed by atoms with Gasteiger partial charge in [0.2, 0.25) is 5.91 Å². The Morgan fingerprint density at radius 3 is 2.67 bits per heavy atom. The number of benzene rings is 1. The zero-order valence-corrected chi connectivity index (χ0v) is 8.57. The van der Waals surface area contributed by atoms with Gasteiger partial charge in [-0.25, -0.2) is 10.9 Å². The number of halogens is 1. The van der Waals surface area contributed by atoms with Crippen LogP contribution in [0.2, 0.25) is 5.02 Å². The lowest BCUT2D eigenvalue weighted by Crippen LogP contribution is -2.36. The number of nitrogens with zero attached hydrogens (tertiary/aromatic N) is 1. The lowest BCUT2D eigenvalue weighted by atomic mass is 9.98. The molecule has 0 saturated carbocycles. The van der Waals surface area contributed by atoms with Crippen LogP contribution in [0.5, 0.6) is 0 Å². The summed E-state index contributed by atoms with van der Waals surface area (Å²) in [6, 6.07) is 6.90. The largest absolute Gasteiger partial charge is 0.273 e. The van der Waals surface area contributed by atoms with Crippen LogP contribution in [0, 0.1) is 0 Å². The summed E-state index contributed by atoms with van der Waals surface area (Å²) in [4.78, 5) is 22.8. The Morgan fingerprint density at radius 2 is 2.13 bits per heavy atom. The van der Waals surface area contributed by atoms with E-state index in [0.717, 1.165) is 5.56 Å². The normalized spacial score (nSPS) is 21.2. The summed E-state index contributed by atoms with van der Waals surface area (Å²) in [6.45, 7) is 0. The third-order valence-electron chi connectivity index (χ3n) is 2.43. The first-order valence-corrected chi connectivity index (χ1v) is 4.84. The molecule has 4 nitrogen and oxygen atoms in total. The molecule has 0 bridgehead atoms. The Labute approximate surface area is 91.6 Å². The van der Waals surface area contributed by atoms with Crippen molar-refractivity contribution < 1.29 is 9.59 Å². The van der Waals surface area contributed by atoms with Crippen molar-refractivity contribution in [1.82, 2.24) is 5.01 Å². The van der Waals surface area contributed by atoms with E-state index in [0.29, 0.717) is 10.0 Å². The number of hydrogen-bond donors (Lipinski definition) is 1. The fraction of sp³-hybridized carbons (Fsp3) is 0.200. The Kier molecular flexibility index (Phi) is 2.46. The van der Waals surface area contributed by atoms with Gasteiger partial charge in [-0.1, -0.05) is 23.7 Å². The maximum absolute atomic E-state index is 11.6. The monoisotopic (exact) mass is 224 g/mol. The maximum atomic E-state index is 11.6. The van der Waals surface area contributed by atoms with E-state index in [2.05, 4.69) is 0 Å². The molecule has 1 aliphatic rings. The molecule has 5 heteroatoms. The summed E-state index contributed by atoms with van der Waals surface area (Å²) < 4.78 is 0.